The van der Waals surface area contributed by atoms with Crippen LogP contribution in [0.1, 0.15) is 25.7 Å². The molecule has 0 aromatic carbocycles. The van der Waals surface area contributed by atoms with E-state index in [-0.39, 0.29) is 24.7 Å². The van der Waals surface area contributed by atoms with Gasteiger partial charge in [-0.2, -0.15) is 0 Å². The maximum absolute atomic E-state index is 10.5. The van der Waals surface area contributed by atoms with E-state index in [0.717, 1.165) is 0 Å². The molecule has 0 fully saturated rings. The van der Waals surface area contributed by atoms with Crippen LogP contribution in [0.2, 0.25) is 0 Å². The van der Waals surface area contributed by atoms with Crippen molar-refractivity contribution in [3.8, 4) is 0 Å². The summed E-state index contributed by atoms with van der Waals surface area (Å²) in [7, 11) is 0. The molecule has 0 aliphatic carbocycles. The van der Waals surface area contributed by atoms with Crippen molar-refractivity contribution in [3.63, 3.8) is 0 Å². The highest BCUT2D eigenvalue weighted by atomic mass is 35.5. The van der Waals surface area contributed by atoms with Crippen molar-refractivity contribution < 1.29 is 14.7 Å². The Kier molecular flexibility index (Phi) is 9.50. The van der Waals surface area contributed by atoms with Gasteiger partial charge in [-0.05, 0) is 12.8 Å². The zero-order valence-electron chi connectivity index (χ0n) is 6.58. The number of amides is 1. The Morgan fingerprint density at radius 2 is 1.75 bits per heavy atom. The molecule has 0 saturated heterocycles. The van der Waals surface area contributed by atoms with Gasteiger partial charge in [0.15, 0.2) is 0 Å². The number of hydrogen-bond donors (Lipinski definition) is 3. The van der Waals surface area contributed by atoms with Gasteiger partial charge in [0, 0.05) is 12.8 Å². The Morgan fingerprint density at radius 3 is 2.17 bits per heavy atom. The van der Waals surface area contributed by atoms with Crippen LogP contribution in [-0.2, 0) is 9.59 Å². The van der Waals surface area contributed by atoms with Gasteiger partial charge in [-0.15, -0.1) is 12.4 Å². The van der Waals surface area contributed by atoms with E-state index < -0.39 is 5.97 Å². The Hall–Kier alpha value is -0.810. The molecule has 6 heteroatoms. The normalized spacial score (nSPS) is 8.42. The van der Waals surface area contributed by atoms with Gasteiger partial charge >= 0.3 is 5.97 Å². The van der Waals surface area contributed by atoms with Crippen LogP contribution in [0.4, 0.5) is 0 Å². The number of carboxylic acids is 1. The first-order valence-electron chi connectivity index (χ1n) is 3.38. The number of unbranched alkanes of at least 4 members (excludes halogenated alkanes) is 1. The molecular formula is C6H13ClN2O3. The highest BCUT2D eigenvalue weighted by molar-refractivity contribution is 5.85. The number of nitrogens with two attached hydrogens (primary N) is 1. The van der Waals surface area contributed by atoms with Crippen LogP contribution in [0.25, 0.3) is 0 Å². The number of nitrogens with one attached hydrogen (secondary N) is 1. The maximum atomic E-state index is 10.5. The van der Waals surface area contributed by atoms with Gasteiger partial charge in [0.25, 0.3) is 0 Å². The van der Waals surface area contributed by atoms with E-state index in [1.54, 1.807) is 0 Å². The molecule has 0 spiro atoms. The van der Waals surface area contributed by atoms with E-state index in [2.05, 4.69) is 0 Å². The number of carboxylic acid groups (broad SMARTS) is 1. The minimum absolute atomic E-state index is 0. The summed E-state index contributed by atoms with van der Waals surface area (Å²) in [5.74, 6) is 3.71. The van der Waals surface area contributed by atoms with Gasteiger partial charge in [-0.1, -0.05) is 0 Å². The summed E-state index contributed by atoms with van der Waals surface area (Å²) in [4.78, 5) is 20.5. The lowest BCUT2D eigenvalue weighted by Crippen LogP contribution is -2.29. The van der Waals surface area contributed by atoms with Crippen molar-refractivity contribution in [1.82, 2.24) is 5.43 Å². The van der Waals surface area contributed by atoms with Crippen molar-refractivity contribution in [2.24, 2.45) is 5.84 Å². The molecule has 72 valence electrons. The minimum Gasteiger partial charge on any atom is -0.481 e. The third kappa shape index (κ3) is 9.19. The fraction of sp³-hybridized carbons (Fsp3) is 0.667. The summed E-state index contributed by atoms with van der Waals surface area (Å²) in [5.41, 5.74) is 1.97. The quantitative estimate of drug-likeness (QED) is 0.251. The number of aliphatic carboxylic acids is 1. The molecule has 0 aliphatic heterocycles. The Labute approximate surface area is 76.7 Å². The molecule has 0 rings (SSSR count). The maximum Gasteiger partial charge on any atom is 0.303 e. The van der Waals surface area contributed by atoms with E-state index >= 15 is 0 Å². The number of rotatable bonds is 5. The van der Waals surface area contributed by atoms with Crippen LogP contribution in [-0.4, -0.2) is 17.0 Å². The van der Waals surface area contributed by atoms with Crippen molar-refractivity contribution in [2.75, 3.05) is 0 Å². The van der Waals surface area contributed by atoms with Crippen molar-refractivity contribution in [3.05, 3.63) is 0 Å². The molecule has 5 nitrogen and oxygen atoms in total. The van der Waals surface area contributed by atoms with Crippen LogP contribution in [0.3, 0.4) is 0 Å². The summed E-state index contributed by atoms with van der Waals surface area (Å²) in [6.07, 6.45) is 1.49. The number of halogens is 1. The lowest BCUT2D eigenvalue weighted by atomic mass is 10.2. The third-order valence-corrected chi connectivity index (χ3v) is 1.21. The van der Waals surface area contributed by atoms with E-state index in [0.29, 0.717) is 19.3 Å². The summed E-state index contributed by atoms with van der Waals surface area (Å²) in [6, 6.07) is 0. The Balaban J connectivity index is 0. The summed E-state index contributed by atoms with van der Waals surface area (Å²) in [6.45, 7) is 0. The highest BCUT2D eigenvalue weighted by Crippen LogP contribution is 1.98. The third-order valence-electron chi connectivity index (χ3n) is 1.21. The van der Waals surface area contributed by atoms with E-state index in [4.69, 9.17) is 10.9 Å². The number of carbonyl (C=O) groups excluding carboxylic acids is 1. The number of hydrazine groups is 1. The van der Waals surface area contributed by atoms with Crippen LogP contribution < -0.4 is 11.3 Å². The molecule has 0 unspecified atom stereocenters. The van der Waals surface area contributed by atoms with Gasteiger partial charge in [-0.25, -0.2) is 5.84 Å². The number of carbonyl (C=O) groups is 2. The number of hydrogen-bond acceptors (Lipinski definition) is 3. The molecule has 1 amide bonds. The fourth-order valence-corrected chi connectivity index (χ4v) is 0.634. The van der Waals surface area contributed by atoms with Gasteiger partial charge in [0.2, 0.25) is 5.91 Å². The predicted octanol–water partition coefficient (Wildman–Crippen LogP) is 0.0431. The molecule has 0 bridgehead atoms. The van der Waals surface area contributed by atoms with Crippen molar-refractivity contribution in [2.45, 2.75) is 25.7 Å². The Bertz CT molecular complexity index is 152. The molecule has 0 aromatic heterocycles. The molecule has 0 radical (unpaired) electrons. The molecule has 0 saturated carbocycles. The van der Waals surface area contributed by atoms with Gasteiger partial charge in [-0.3, -0.25) is 15.0 Å². The smallest absolute Gasteiger partial charge is 0.303 e. The first kappa shape index (κ1) is 13.8. The second kappa shape index (κ2) is 8.29. The van der Waals surface area contributed by atoms with E-state index in [9.17, 15) is 9.59 Å². The zero-order valence-corrected chi connectivity index (χ0v) is 7.39. The molecular weight excluding hydrogens is 184 g/mol. The first-order chi connectivity index (χ1) is 5.16. The second-order valence-corrected chi connectivity index (χ2v) is 2.17. The van der Waals surface area contributed by atoms with E-state index in [1.165, 1.54) is 0 Å². The molecule has 0 atom stereocenters. The first-order valence-corrected chi connectivity index (χ1v) is 3.38. The lowest BCUT2D eigenvalue weighted by molar-refractivity contribution is -0.137. The van der Waals surface area contributed by atoms with Crippen LogP contribution in [0, 0.1) is 0 Å². The summed E-state index contributed by atoms with van der Waals surface area (Å²) >= 11 is 0. The molecule has 0 aliphatic rings. The summed E-state index contributed by atoms with van der Waals surface area (Å²) in [5, 5.41) is 8.21. The Morgan fingerprint density at radius 1 is 1.25 bits per heavy atom. The summed E-state index contributed by atoms with van der Waals surface area (Å²) < 4.78 is 0. The monoisotopic (exact) mass is 196 g/mol. The molecule has 0 heterocycles. The fourth-order valence-electron chi connectivity index (χ4n) is 0.634. The average molecular weight is 197 g/mol. The SMILES string of the molecule is Cl.NNC(=O)CCCCC(=O)O. The van der Waals surface area contributed by atoms with Crippen LogP contribution in [0.5, 0.6) is 0 Å². The average Bonchev–Trinajstić information content (AvgIpc) is 1.97. The minimum atomic E-state index is -0.835. The van der Waals surface area contributed by atoms with Gasteiger partial charge in [0.1, 0.15) is 0 Å². The molecule has 0 aromatic rings. The lowest BCUT2D eigenvalue weighted by Gasteiger charge is -1.96. The molecule has 4 N–H and O–H groups in total. The highest BCUT2D eigenvalue weighted by Gasteiger charge is 1.99. The van der Waals surface area contributed by atoms with Crippen LogP contribution >= 0.6 is 12.4 Å². The predicted molar refractivity (Wildman–Crippen MR) is 45.7 cm³/mol. The standard InChI is InChI=1S/C6H12N2O3.ClH/c7-8-5(9)3-1-2-4-6(10)11;/h1-4,7H2,(H,8,9)(H,10,11);1H. The largest absolute Gasteiger partial charge is 0.481 e. The van der Waals surface area contributed by atoms with Gasteiger partial charge in [0.05, 0.1) is 0 Å². The topological polar surface area (TPSA) is 92.4 Å². The molecule has 12 heavy (non-hydrogen) atoms. The zero-order chi connectivity index (χ0) is 8.69. The van der Waals surface area contributed by atoms with Crippen molar-refractivity contribution in [1.29, 1.82) is 0 Å². The van der Waals surface area contributed by atoms with Crippen LogP contribution in [0.15, 0.2) is 0 Å². The van der Waals surface area contributed by atoms with E-state index in [1.807, 2.05) is 5.43 Å². The van der Waals surface area contributed by atoms with Gasteiger partial charge < -0.3 is 5.11 Å². The second-order valence-electron chi connectivity index (χ2n) is 2.17. The van der Waals surface area contributed by atoms with Crippen molar-refractivity contribution >= 4 is 24.3 Å².